The van der Waals surface area contributed by atoms with Crippen LogP contribution in [0.15, 0.2) is 55.4 Å². The smallest absolute Gasteiger partial charge is 0.433 e. The van der Waals surface area contributed by atoms with E-state index in [4.69, 9.17) is 4.74 Å². The fraction of sp³-hybridized carbons (Fsp3) is 0.318. The molecule has 34 heavy (non-hydrogen) atoms. The average Bonchev–Trinajstić information content (AvgIpc) is 3.50. The molecule has 1 amide bonds. The number of nitrogens with zero attached hydrogens (tertiary/aromatic N) is 7. The van der Waals surface area contributed by atoms with E-state index in [1.165, 1.54) is 17.1 Å². The van der Waals surface area contributed by atoms with Gasteiger partial charge >= 0.3 is 6.18 Å². The third kappa shape index (κ3) is 3.95. The van der Waals surface area contributed by atoms with Gasteiger partial charge in [-0.1, -0.05) is 0 Å². The number of halogens is 3. The van der Waals surface area contributed by atoms with Crippen LogP contribution in [0.2, 0.25) is 0 Å². The fourth-order valence-corrected chi connectivity index (χ4v) is 4.09. The van der Waals surface area contributed by atoms with Crippen molar-refractivity contribution in [1.82, 2.24) is 34.0 Å². The van der Waals surface area contributed by atoms with Gasteiger partial charge in [-0.25, -0.2) is 19.6 Å². The summed E-state index contributed by atoms with van der Waals surface area (Å²) in [7, 11) is 0. The first-order chi connectivity index (χ1) is 16.3. The Labute approximate surface area is 191 Å². The molecule has 0 spiro atoms. The van der Waals surface area contributed by atoms with E-state index in [-0.39, 0.29) is 30.0 Å². The molecule has 0 saturated carbocycles. The van der Waals surface area contributed by atoms with Gasteiger partial charge in [-0.15, -0.1) is 0 Å². The lowest BCUT2D eigenvalue weighted by molar-refractivity contribution is -0.141. The predicted octanol–water partition coefficient (Wildman–Crippen LogP) is 3.40. The van der Waals surface area contributed by atoms with Gasteiger partial charge in [-0.05, 0) is 38.0 Å². The standard InChI is InChI=1S/C22H20F3N7O2/c1-14-5-6-15(34-20-19-28-12-17(22(23,24)25)30(19)11-9-27-20)13-31(14)21(33)16-4-2-7-26-18(16)32-10-3-8-29-32/h2-4,7-12,14-15H,5-6,13H2,1H3/t14-,15-/m1/s1. The number of hydrogen-bond acceptors (Lipinski definition) is 6. The molecule has 5 heterocycles. The van der Waals surface area contributed by atoms with Crippen molar-refractivity contribution in [2.45, 2.75) is 38.1 Å². The van der Waals surface area contributed by atoms with E-state index in [0.717, 1.165) is 10.6 Å². The molecule has 0 N–H and O–H groups in total. The number of fused-ring (bicyclic) bond motifs is 1. The van der Waals surface area contributed by atoms with Gasteiger partial charge in [0.25, 0.3) is 11.8 Å². The molecule has 0 bridgehead atoms. The Morgan fingerprint density at radius 2 is 1.94 bits per heavy atom. The number of hydrogen-bond donors (Lipinski definition) is 0. The molecule has 1 fully saturated rings. The monoisotopic (exact) mass is 471 g/mol. The predicted molar refractivity (Wildman–Crippen MR) is 113 cm³/mol. The molecule has 9 nitrogen and oxygen atoms in total. The summed E-state index contributed by atoms with van der Waals surface area (Å²) in [6.45, 7) is 2.18. The van der Waals surface area contributed by atoms with Crippen LogP contribution in [0.1, 0.15) is 35.8 Å². The van der Waals surface area contributed by atoms with Gasteiger partial charge in [0.2, 0.25) is 5.65 Å². The Hall–Kier alpha value is -3.96. The maximum absolute atomic E-state index is 13.5. The summed E-state index contributed by atoms with van der Waals surface area (Å²) in [5.74, 6) is 0.172. The van der Waals surface area contributed by atoms with Gasteiger partial charge in [0, 0.05) is 37.0 Å². The van der Waals surface area contributed by atoms with E-state index >= 15 is 0 Å². The third-order valence-electron chi connectivity index (χ3n) is 5.80. The van der Waals surface area contributed by atoms with Gasteiger partial charge in [-0.3, -0.25) is 9.20 Å². The van der Waals surface area contributed by atoms with Crippen molar-refractivity contribution in [3.63, 3.8) is 0 Å². The molecule has 4 aromatic heterocycles. The molecule has 1 aliphatic heterocycles. The summed E-state index contributed by atoms with van der Waals surface area (Å²) in [4.78, 5) is 27.4. The number of piperidine rings is 1. The van der Waals surface area contributed by atoms with Crippen molar-refractivity contribution in [1.29, 1.82) is 0 Å². The molecular weight excluding hydrogens is 451 g/mol. The Balaban J connectivity index is 1.40. The van der Waals surface area contributed by atoms with Gasteiger partial charge in [0.1, 0.15) is 11.8 Å². The van der Waals surface area contributed by atoms with Crippen LogP contribution in [0.25, 0.3) is 11.5 Å². The number of pyridine rings is 1. The van der Waals surface area contributed by atoms with E-state index in [2.05, 4.69) is 20.1 Å². The van der Waals surface area contributed by atoms with E-state index in [1.54, 1.807) is 41.7 Å². The van der Waals surface area contributed by atoms with Crippen LogP contribution in [0.5, 0.6) is 5.88 Å². The molecule has 0 unspecified atom stereocenters. The number of ether oxygens (including phenoxy) is 1. The van der Waals surface area contributed by atoms with Crippen LogP contribution < -0.4 is 4.74 Å². The second-order valence-electron chi connectivity index (χ2n) is 8.02. The minimum atomic E-state index is -4.56. The van der Waals surface area contributed by atoms with Crippen LogP contribution >= 0.6 is 0 Å². The second kappa shape index (κ2) is 8.43. The molecule has 0 aromatic carbocycles. The van der Waals surface area contributed by atoms with Crippen molar-refractivity contribution >= 4 is 11.6 Å². The van der Waals surface area contributed by atoms with Crippen LogP contribution in [0.4, 0.5) is 13.2 Å². The van der Waals surface area contributed by atoms with Crippen LogP contribution in [0, 0.1) is 0 Å². The Bertz CT molecular complexity index is 1320. The normalized spacial score (nSPS) is 18.9. The van der Waals surface area contributed by atoms with Gasteiger partial charge in [0.15, 0.2) is 5.82 Å². The zero-order valence-electron chi connectivity index (χ0n) is 18.1. The molecule has 4 aromatic rings. The number of rotatable bonds is 4. The van der Waals surface area contributed by atoms with Crippen LogP contribution in [-0.4, -0.2) is 58.6 Å². The Kier molecular flexibility index (Phi) is 5.42. The van der Waals surface area contributed by atoms with Crippen molar-refractivity contribution in [3.05, 3.63) is 66.6 Å². The summed E-state index contributed by atoms with van der Waals surface area (Å²) >= 11 is 0. The maximum Gasteiger partial charge on any atom is 0.433 e. The highest BCUT2D eigenvalue weighted by atomic mass is 19.4. The topological polar surface area (TPSA) is 90.4 Å². The van der Waals surface area contributed by atoms with E-state index in [0.29, 0.717) is 24.2 Å². The van der Waals surface area contributed by atoms with E-state index in [9.17, 15) is 18.0 Å². The van der Waals surface area contributed by atoms with Gasteiger partial charge in [0.05, 0.1) is 18.3 Å². The zero-order chi connectivity index (χ0) is 23.9. The molecule has 0 radical (unpaired) electrons. The third-order valence-corrected chi connectivity index (χ3v) is 5.80. The van der Waals surface area contributed by atoms with Crippen molar-refractivity contribution in [2.75, 3.05) is 6.54 Å². The van der Waals surface area contributed by atoms with Crippen molar-refractivity contribution in [3.8, 4) is 11.7 Å². The molecule has 176 valence electrons. The lowest BCUT2D eigenvalue weighted by Crippen LogP contribution is -2.49. The molecule has 12 heteroatoms. The summed E-state index contributed by atoms with van der Waals surface area (Å²) in [6.07, 6.45) is 4.31. The average molecular weight is 471 g/mol. The number of likely N-dealkylation sites (tertiary alicyclic amines) is 1. The molecule has 5 rings (SSSR count). The first-order valence-corrected chi connectivity index (χ1v) is 10.6. The first kappa shape index (κ1) is 21.9. The Morgan fingerprint density at radius 3 is 2.71 bits per heavy atom. The molecule has 1 aliphatic rings. The molecular formula is C22H20F3N7O2. The lowest BCUT2D eigenvalue weighted by Gasteiger charge is -2.38. The highest BCUT2D eigenvalue weighted by Crippen LogP contribution is 2.32. The van der Waals surface area contributed by atoms with E-state index in [1.807, 2.05) is 6.92 Å². The van der Waals surface area contributed by atoms with Gasteiger partial charge < -0.3 is 9.64 Å². The number of carbonyl (C=O) groups is 1. The van der Waals surface area contributed by atoms with Crippen LogP contribution in [-0.2, 0) is 6.18 Å². The number of amides is 1. The largest absolute Gasteiger partial charge is 0.470 e. The Morgan fingerprint density at radius 1 is 1.09 bits per heavy atom. The van der Waals surface area contributed by atoms with Crippen LogP contribution in [0.3, 0.4) is 0 Å². The van der Waals surface area contributed by atoms with Crippen molar-refractivity contribution in [2.24, 2.45) is 0 Å². The quantitative estimate of drug-likeness (QED) is 0.453. The van der Waals surface area contributed by atoms with Gasteiger partial charge in [-0.2, -0.15) is 18.3 Å². The number of imidazole rings is 1. The van der Waals surface area contributed by atoms with Crippen molar-refractivity contribution < 1.29 is 22.7 Å². The fourth-order valence-electron chi connectivity index (χ4n) is 4.09. The SMILES string of the molecule is C[C@@H]1CC[C@@H](Oc2nccn3c(C(F)(F)F)cnc23)CN1C(=O)c1cccnc1-n1cccn1. The summed E-state index contributed by atoms with van der Waals surface area (Å²) in [5.41, 5.74) is -0.548. The molecule has 2 atom stereocenters. The maximum atomic E-state index is 13.5. The number of carbonyl (C=O) groups excluding carboxylic acids is 1. The summed E-state index contributed by atoms with van der Waals surface area (Å²) in [6, 6.07) is 5.05. The highest BCUT2D eigenvalue weighted by molar-refractivity contribution is 5.97. The minimum absolute atomic E-state index is 0.0106. The molecule has 0 aliphatic carbocycles. The highest BCUT2D eigenvalue weighted by Gasteiger charge is 2.36. The minimum Gasteiger partial charge on any atom is -0.470 e. The zero-order valence-corrected chi connectivity index (χ0v) is 18.1. The van der Waals surface area contributed by atoms with E-state index < -0.39 is 18.0 Å². The lowest BCUT2D eigenvalue weighted by atomic mass is 10.00. The summed E-state index contributed by atoms with van der Waals surface area (Å²) in [5, 5.41) is 4.17. The number of aromatic nitrogens is 6. The number of alkyl halides is 3. The second-order valence-corrected chi connectivity index (χ2v) is 8.02. The molecule has 1 saturated heterocycles. The first-order valence-electron chi connectivity index (χ1n) is 10.6. The summed E-state index contributed by atoms with van der Waals surface area (Å²) < 4.78 is 48.1.